The van der Waals surface area contributed by atoms with Crippen molar-refractivity contribution in [3.63, 3.8) is 0 Å². The molecule has 3 atom stereocenters. The first kappa shape index (κ1) is 18.1. The molecule has 0 spiro atoms. The maximum atomic E-state index is 12.3. The number of hydrogen-bond acceptors (Lipinski definition) is 7. The van der Waals surface area contributed by atoms with Crippen molar-refractivity contribution in [2.24, 2.45) is 11.3 Å². The molecule has 7 nitrogen and oxygen atoms in total. The summed E-state index contributed by atoms with van der Waals surface area (Å²) in [5.74, 6) is -1.78. The number of fused-ring (bicyclic) bond motifs is 1. The van der Waals surface area contributed by atoms with Crippen LogP contribution in [0, 0.1) is 11.3 Å². The topological polar surface area (TPSA) is 93.1 Å². The highest BCUT2D eigenvalue weighted by molar-refractivity contribution is 8.01. The maximum absolute atomic E-state index is 12.3. The number of carbonyl (C=O) groups is 3. The van der Waals surface area contributed by atoms with Crippen molar-refractivity contribution in [2.45, 2.75) is 50.8 Å². The van der Waals surface area contributed by atoms with Crippen LogP contribution in [0.3, 0.4) is 0 Å². The number of carbonyl (C=O) groups excluding carboxylic acids is 3. The van der Waals surface area contributed by atoms with Crippen molar-refractivity contribution >= 4 is 29.6 Å². The third-order valence-corrected chi connectivity index (χ3v) is 5.60. The van der Waals surface area contributed by atoms with Gasteiger partial charge in [-0.1, -0.05) is 0 Å². The van der Waals surface area contributed by atoms with Gasteiger partial charge in [-0.3, -0.25) is 9.59 Å². The van der Waals surface area contributed by atoms with Crippen LogP contribution in [0.15, 0.2) is 0 Å². The van der Waals surface area contributed by atoms with Gasteiger partial charge in [0.15, 0.2) is 0 Å². The van der Waals surface area contributed by atoms with E-state index in [1.807, 2.05) is 13.8 Å². The molecule has 0 aromatic carbocycles. The molecule has 0 bridgehead atoms. The standard InChI is InChI=1S/C15H23NO6S/c1-14(2,3)13(20)22-7-21-12(19)9-15(4,5)23-11-8(6-17)10(18)16(9)11/h8-9,11,17H,6-7H2,1-5H3/t8-,9+,11-/m1/s1. The van der Waals surface area contributed by atoms with Gasteiger partial charge in [0.25, 0.3) is 0 Å². The molecule has 23 heavy (non-hydrogen) atoms. The quantitative estimate of drug-likeness (QED) is 0.456. The fraction of sp³-hybridized carbons (Fsp3) is 0.800. The van der Waals surface area contributed by atoms with E-state index in [0.717, 1.165) is 0 Å². The second-order valence-corrected chi connectivity index (χ2v) is 9.08. The summed E-state index contributed by atoms with van der Waals surface area (Å²) in [5.41, 5.74) is -0.679. The molecule has 0 unspecified atom stereocenters. The van der Waals surface area contributed by atoms with Gasteiger partial charge in [0.2, 0.25) is 12.7 Å². The van der Waals surface area contributed by atoms with Crippen LogP contribution >= 0.6 is 11.8 Å². The van der Waals surface area contributed by atoms with Crippen LogP contribution in [-0.4, -0.2) is 57.4 Å². The molecule has 2 saturated heterocycles. The van der Waals surface area contributed by atoms with Crippen LogP contribution in [-0.2, 0) is 23.9 Å². The molecule has 2 aliphatic heterocycles. The Hall–Kier alpha value is -1.28. The summed E-state index contributed by atoms with van der Waals surface area (Å²) in [6.07, 6.45) is 0. The molecule has 2 rings (SSSR count). The minimum atomic E-state index is -0.749. The predicted molar refractivity (Wildman–Crippen MR) is 83.2 cm³/mol. The molecule has 0 aliphatic carbocycles. The zero-order chi connectivity index (χ0) is 17.6. The number of amides is 1. The number of hydrogen-bond donors (Lipinski definition) is 1. The lowest BCUT2D eigenvalue weighted by molar-refractivity contribution is -0.181. The number of nitrogens with zero attached hydrogens (tertiary/aromatic N) is 1. The fourth-order valence-corrected chi connectivity index (χ4v) is 4.34. The Kier molecular flexibility index (Phi) is 4.69. The van der Waals surface area contributed by atoms with Crippen molar-refractivity contribution in [1.82, 2.24) is 4.90 Å². The molecule has 2 heterocycles. The molecule has 2 fully saturated rings. The number of esters is 2. The summed E-state index contributed by atoms with van der Waals surface area (Å²) in [4.78, 5) is 37.5. The molecule has 0 radical (unpaired) electrons. The van der Waals surface area contributed by atoms with Crippen molar-refractivity contribution in [1.29, 1.82) is 0 Å². The summed E-state index contributed by atoms with van der Waals surface area (Å²) < 4.78 is 9.43. The lowest BCUT2D eigenvalue weighted by Crippen LogP contribution is -2.63. The molecular weight excluding hydrogens is 322 g/mol. The van der Waals surface area contributed by atoms with Crippen molar-refractivity contribution in [3.05, 3.63) is 0 Å². The Morgan fingerprint density at radius 1 is 1.30 bits per heavy atom. The minimum absolute atomic E-state index is 0.211. The van der Waals surface area contributed by atoms with Crippen LogP contribution in [0.25, 0.3) is 0 Å². The van der Waals surface area contributed by atoms with Crippen molar-refractivity contribution in [3.8, 4) is 0 Å². The lowest BCUT2D eigenvalue weighted by Gasteiger charge is -2.43. The number of β-lactam (4-membered cyclic amide) rings is 1. The van der Waals surface area contributed by atoms with Crippen LogP contribution in [0.1, 0.15) is 34.6 Å². The summed E-state index contributed by atoms with van der Waals surface area (Å²) in [6.45, 7) is 8.11. The maximum Gasteiger partial charge on any atom is 0.333 e. The van der Waals surface area contributed by atoms with E-state index in [1.54, 1.807) is 20.8 Å². The van der Waals surface area contributed by atoms with E-state index in [2.05, 4.69) is 0 Å². The Labute approximate surface area is 139 Å². The first-order valence-corrected chi connectivity index (χ1v) is 8.33. The molecule has 0 saturated carbocycles. The van der Waals surface area contributed by atoms with Crippen LogP contribution in [0.4, 0.5) is 0 Å². The van der Waals surface area contributed by atoms with Crippen LogP contribution in [0.5, 0.6) is 0 Å². The number of ether oxygens (including phenoxy) is 2. The normalized spacial score (nSPS) is 28.9. The molecule has 0 aromatic heterocycles. The first-order valence-electron chi connectivity index (χ1n) is 7.45. The number of thioether (sulfide) groups is 1. The molecule has 130 valence electrons. The van der Waals surface area contributed by atoms with Gasteiger partial charge in [-0.25, -0.2) is 4.79 Å². The van der Waals surface area contributed by atoms with Gasteiger partial charge in [0.1, 0.15) is 6.04 Å². The van der Waals surface area contributed by atoms with Gasteiger partial charge >= 0.3 is 11.9 Å². The second kappa shape index (κ2) is 5.98. The Morgan fingerprint density at radius 2 is 1.91 bits per heavy atom. The van der Waals surface area contributed by atoms with Gasteiger partial charge in [0.05, 0.1) is 23.3 Å². The molecule has 2 aliphatic rings. The molecule has 1 N–H and O–H groups in total. The summed E-state index contributed by atoms with van der Waals surface area (Å²) in [5, 5.41) is 9.03. The average Bonchev–Trinajstić information content (AvgIpc) is 2.66. The van der Waals surface area contributed by atoms with Gasteiger partial charge in [0, 0.05) is 4.75 Å². The Bertz CT molecular complexity index is 527. The third kappa shape index (κ3) is 3.19. The van der Waals surface area contributed by atoms with Gasteiger partial charge in [-0.05, 0) is 34.6 Å². The number of aliphatic hydroxyl groups excluding tert-OH is 1. The van der Waals surface area contributed by atoms with E-state index in [0.29, 0.717) is 0 Å². The van der Waals surface area contributed by atoms with E-state index in [9.17, 15) is 19.5 Å². The number of aliphatic hydroxyl groups is 1. The van der Waals surface area contributed by atoms with Crippen LogP contribution < -0.4 is 0 Å². The van der Waals surface area contributed by atoms with Crippen molar-refractivity contribution in [2.75, 3.05) is 13.4 Å². The van der Waals surface area contributed by atoms with Gasteiger partial charge in [-0.2, -0.15) is 0 Å². The average molecular weight is 345 g/mol. The predicted octanol–water partition coefficient (Wildman–Crippen LogP) is 0.747. The molecule has 8 heteroatoms. The zero-order valence-corrected chi connectivity index (χ0v) is 14.8. The molecule has 0 aromatic rings. The zero-order valence-electron chi connectivity index (χ0n) is 14.0. The SMILES string of the molecule is CC(C)(C)C(=O)OCOC(=O)[C@@H]1N2C(=O)[C@@H](CO)[C@H]2SC1(C)C. The Balaban J connectivity index is 1.97. The summed E-state index contributed by atoms with van der Waals surface area (Å²) >= 11 is 1.47. The highest BCUT2D eigenvalue weighted by Gasteiger charge is 2.63. The largest absolute Gasteiger partial charge is 0.427 e. The van der Waals surface area contributed by atoms with E-state index >= 15 is 0 Å². The summed E-state index contributed by atoms with van der Waals surface area (Å²) in [6, 6.07) is -0.749. The van der Waals surface area contributed by atoms with E-state index in [1.165, 1.54) is 16.7 Å². The fourth-order valence-electron chi connectivity index (χ4n) is 2.68. The highest BCUT2D eigenvalue weighted by Crippen LogP contribution is 2.53. The second-order valence-electron chi connectivity index (χ2n) is 7.31. The van der Waals surface area contributed by atoms with E-state index < -0.39 is 40.9 Å². The molecule has 1 amide bonds. The van der Waals surface area contributed by atoms with Crippen LogP contribution in [0.2, 0.25) is 0 Å². The lowest BCUT2D eigenvalue weighted by atomic mass is 9.92. The van der Waals surface area contributed by atoms with Gasteiger partial charge in [-0.15, -0.1) is 11.8 Å². The minimum Gasteiger partial charge on any atom is -0.427 e. The number of rotatable bonds is 4. The monoisotopic (exact) mass is 345 g/mol. The van der Waals surface area contributed by atoms with Gasteiger partial charge < -0.3 is 19.5 Å². The molecular formula is C15H23NO6S. The highest BCUT2D eigenvalue weighted by atomic mass is 32.2. The first-order chi connectivity index (χ1) is 10.5. The summed E-state index contributed by atoms with van der Waals surface area (Å²) in [7, 11) is 0. The Morgan fingerprint density at radius 3 is 2.43 bits per heavy atom. The third-order valence-electron chi connectivity index (χ3n) is 3.97. The van der Waals surface area contributed by atoms with Crippen molar-refractivity contribution < 1.29 is 29.0 Å². The van der Waals surface area contributed by atoms with E-state index in [4.69, 9.17) is 9.47 Å². The smallest absolute Gasteiger partial charge is 0.333 e. The van der Waals surface area contributed by atoms with E-state index in [-0.39, 0.29) is 17.9 Å².